The topological polar surface area (TPSA) is 18.5 Å². The summed E-state index contributed by atoms with van der Waals surface area (Å²) >= 11 is 0. The van der Waals surface area contributed by atoms with Gasteiger partial charge in [0.25, 0.3) is 0 Å². The van der Waals surface area contributed by atoms with Gasteiger partial charge in [-0.25, -0.2) is 0 Å². The Labute approximate surface area is 88.5 Å². The molecule has 2 nitrogen and oxygen atoms in total. The first kappa shape index (κ1) is 12.1. The molecule has 0 saturated carbocycles. The summed E-state index contributed by atoms with van der Waals surface area (Å²) in [4.78, 5) is 0. The van der Waals surface area contributed by atoms with Gasteiger partial charge in [-0.3, -0.25) is 0 Å². The predicted octanol–water partition coefficient (Wildman–Crippen LogP) is 2.98. The van der Waals surface area contributed by atoms with E-state index < -0.39 is 0 Å². The van der Waals surface area contributed by atoms with Crippen LogP contribution in [0.3, 0.4) is 0 Å². The van der Waals surface area contributed by atoms with E-state index >= 15 is 0 Å². The third-order valence-corrected chi connectivity index (χ3v) is 3.34. The fraction of sp³-hybridized carbons (Fsp3) is 1.00. The van der Waals surface area contributed by atoms with E-state index in [4.69, 9.17) is 9.31 Å². The summed E-state index contributed by atoms with van der Waals surface area (Å²) in [6.45, 7) is 13.2. The molecule has 1 aliphatic heterocycles. The Bertz CT molecular complexity index is 188. The van der Waals surface area contributed by atoms with Crippen molar-refractivity contribution in [3.8, 4) is 0 Å². The second-order valence-electron chi connectivity index (χ2n) is 5.41. The van der Waals surface area contributed by atoms with Crippen LogP contribution in [0.25, 0.3) is 0 Å². The molecule has 1 rings (SSSR count). The first-order valence-electron chi connectivity index (χ1n) is 5.67. The highest BCUT2D eigenvalue weighted by Crippen LogP contribution is 2.35. The molecule has 0 radical (unpaired) electrons. The lowest BCUT2D eigenvalue weighted by Crippen LogP contribution is -2.36. The van der Waals surface area contributed by atoms with E-state index in [0.717, 1.165) is 6.42 Å². The van der Waals surface area contributed by atoms with E-state index in [0.29, 0.717) is 5.92 Å². The summed E-state index contributed by atoms with van der Waals surface area (Å²) in [6, 6.07) is 0. The highest BCUT2D eigenvalue weighted by Gasteiger charge is 2.41. The molecule has 1 saturated heterocycles. The summed E-state index contributed by atoms with van der Waals surface area (Å²) in [5.41, 5.74) is 0.283. The summed E-state index contributed by atoms with van der Waals surface area (Å²) in [7, 11) is -0.0326. The van der Waals surface area contributed by atoms with Crippen molar-refractivity contribution >= 4 is 7.12 Å². The molecule has 0 aromatic heterocycles. The molecule has 14 heavy (non-hydrogen) atoms. The maximum Gasteiger partial charge on any atom is 0.454 e. The molecule has 0 aliphatic carbocycles. The Hall–Kier alpha value is -0.0151. The van der Waals surface area contributed by atoms with Crippen LogP contribution in [0.5, 0.6) is 0 Å². The SMILES string of the molecule is CCC1OB(C)OC1C(C)C(C)(C)C. The van der Waals surface area contributed by atoms with Gasteiger partial charge in [0.1, 0.15) is 0 Å². The van der Waals surface area contributed by atoms with Gasteiger partial charge in [0, 0.05) is 0 Å². The normalized spacial score (nSPS) is 30.9. The lowest BCUT2D eigenvalue weighted by atomic mass is 9.77. The maximum absolute atomic E-state index is 5.83. The second-order valence-corrected chi connectivity index (χ2v) is 5.41. The number of rotatable bonds is 2. The number of hydrogen-bond donors (Lipinski definition) is 0. The first-order valence-corrected chi connectivity index (χ1v) is 5.67. The molecule has 3 unspecified atom stereocenters. The molecule has 1 aliphatic rings. The van der Waals surface area contributed by atoms with Gasteiger partial charge in [-0.15, -0.1) is 0 Å². The van der Waals surface area contributed by atoms with Crippen LogP contribution < -0.4 is 0 Å². The predicted molar refractivity (Wildman–Crippen MR) is 60.3 cm³/mol. The zero-order valence-corrected chi connectivity index (χ0v) is 10.3. The molecule has 0 amide bonds. The third kappa shape index (κ3) is 2.51. The van der Waals surface area contributed by atoms with Crippen molar-refractivity contribution in [2.24, 2.45) is 11.3 Å². The van der Waals surface area contributed by atoms with Gasteiger partial charge in [0.2, 0.25) is 0 Å². The monoisotopic (exact) mass is 198 g/mol. The lowest BCUT2D eigenvalue weighted by molar-refractivity contribution is 0.0489. The van der Waals surface area contributed by atoms with E-state index in [1.54, 1.807) is 0 Å². The van der Waals surface area contributed by atoms with E-state index in [2.05, 4.69) is 34.6 Å². The summed E-state index contributed by atoms with van der Waals surface area (Å²) < 4.78 is 11.5. The van der Waals surface area contributed by atoms with Gasteiger partial charge < -0.3 is 9.31 Å². The van der Waals surface area contributed by atoms with Crippen molar-refractivity contribution in [2.45, 2.75) is 60.1 Å². The minimum absolute atomic E-state index is 0.0326. The average molecular weight is 198 g/mol. The Morgan fingerprint density at radius 2 is 1.86 bits per heavy atom. The summed E-state index contributed by atoms with van der Waals surface area (Å²) in [5, 5.41) is 0. The fourth-order valence-electron chi connectivity index (χ4n) is 1.93. The smallest absolute Gasteiger partial charge is 0.406 e. The molecular formula is C11H23BO2. The van der Waals surface area contributed by atoms with Crippen LogP contribution in [-0.4, -0.2) is 19.3 Å². The highest BCUT2D eigenvalue weighted by molar-refractivity contribution is 6.43. The van der Waals surface area contributed by atoms with Crippen LogP contribution in [0.4, 0.5) is 0 Å². The van der Waals surface area contributed by atoms with Crippen molar-refractivity contribution in [2.75, 3.05) is 0 Å². The second kappa shape index (κ2) is 4.24. The Morgan fingerprint density at radius 1 is 1.29 bits per heavy atom. The van der Waals surface area contributed by atoms with Crippen molar-refractivity contribution in [3.63, 3.8) is 0 Å². The molecule has 0 N–H and O–H groups in total. The quantitative estimate of drug-likeness (QED) is 0.635. The van der Waals surface area contributed by atoms with Gasteiger partial charge in [-0.2, -0.15) is 0 Å². The van der Waals surface area contributed by atoms with Crippen molar-refractivity contribution in [1.82, 2.24) is 0 Å². The molecule has 0 bridgehead atoms. The Balaban J connectivity index is 2.67. The van der Waals surface area contributed by atoms with E-state index in [1.165, 1.54) is 0 Å². The van der Waals surface area contributed by atoms with Gasteiger partial charge in [-0.05, 0) is 24.6 Å². The van der Waals surface area contributed by atoms with Gasteiger partial charge in [0.05, 0.1) is 12.2 Å². The van der Waals surface area contributed by atoms with Crippen LogP contribution in [0.15, 0.2) is 0 Å². The molecule has 3 heteroatoms. The molecule has 3 atom stereocenters. The fourth-order valence-corrected chi connectivity index (χ4v) is 1.93. The van der Waals surface area contributed by atoms with E-state index in [9.17, 15) is 0 Å². The Kier molecular flexibility index (Phi) is 3.65. The summed E-state index contributed by atoms with van der Waals surface area (Å²) in [5.74, 6) is 0.525. The molecule has 0 spiro atoms. The molecule has 1 heterocycles. The van der Waals surface area contributed by atoms with E-state index in [-0.39, 0.29) is 24.7 Å². The van der Waals surface area contributed by atoms with Crippen molar-refractivity contribution in [3.05, 3.63) is 0 Å². The first-order chi connectivity index (χ1) is 6.36. The highest BCUT2D eigenvalue weighted by atomic mass is 16.7. The zero-order valence-electron chi connectivity index (χ0n) is 10.3. The van der Waals surface area contributed by atoms with Crippen molar-refractivity contribution in [1.29, 1.82) is 0 Å². The Morgan fingerprint density at radius 3 is 2.29 bits per heavy atom. The average Bonchev–Trinajstić information content (AvgIpc) is 2.43. The van der Waals surface area contributed by atoms with Crippen LogP contribution in [0.1, 0.15) is 41.0 Å². The molecule has 82 valence electrons. The van der Waals surface area contributed by atoms with Crippen molar-refractivity contribution < 1.29 is 9.31 Å². The molecular weight excluding hydrogens is 175 g/mol. The summed E-state index contributed by atoms with van der Waals surface area (Å²) in [6.07, 6.45) is 1.57. The van der Waals surface area contributed by atoms with E-state index in [1.807, 2.05) is 6.82 Å². The van der Waals surface area contributed by atoms with Gasteiger partial charge in [0.15, 0.2) is 0 Å². The van der Waals surface area contributed by atoms with Crippen LogP contribution in [0.2, 0.25) is 6.82 Å². The molecule has 0 aromatic rings. The maximum atomic E-state index is 5.83. The van der Waals surface area contributed by atoms with Crippen LogP contribution in [-0.2, 0) is 9.31 Å². The zero-order chi connectivity index (χ0) is 10.9. The largest absolute Gasteiger partial charge is 0.454 e. The van der Waals surface area contributed by atoms with Crippen LogP contribution in [0, 0.1) is 11.3 Å². The standard InChI is InChI=1S/C11H23BO2/c1-7-9-10(14-12(6)13-9)8(2)11(3,4)5/h8-10H,7H2,1-6H3. The minimum atomic E-state index is -0.0326. The minimum Gasteiger partial charge on any atom is -0.406 e. The number of hydrogen-bond acceptors (Lipinski definition) is 2. The van der Waals surface area contributed by atoms with Crippen LogP contribution >= 0.6 is 0 Å². The third-order valence-electron chi connectivity index (χ3n) is 3.34. The lowest BCUT2D eigenvalue weighted by Gasteiger charge is -2.34. The molecule has 0 aromatic carbocycles. The van der Waals surface area contributed by atoms with Gasteiger partial charge >= 0.3 is 7.12 Å². The van der Waals surface area contributed by atoms with Gasteiger partial charge in [-0.1, -0.05) is 34.6 Å². The molecule has 1 fully saturated rings.